The van der Waals surface area contributed by atoms with Crippen LogP contribution in [0.3, 0.4) is 0 Å². The molecule has 0 spiro atoms. The first-order chi connectivity index (χ1) is 13.6. The summed E-state index contributed by atoms with van der Waals surface area (Å²) >= 11 is 0. The highest BCUT2D eigenvalue weighted by Gasteiger charge is 2.24. The van der Waals surface area contributed by atoms with Crippen LogP contribution in [0.5, 0.6) is 0 Å². The predicted molar refractivity (Wildman–Crippen MR) is 104 cm³/mol. The molecule has 2 N–H and O–H groups in total. The van der Waals surface area contributed by atoms with Crippen molar-refractivity contribution in [2.24, 2.45) is 0 Å². The van der Waals surface area contributed by atoms with Crippen LogP contribution < -0.4 is 5.32 Å². The second-order valence-corrected chi connectivity index (χ2v) is 6.96. The maximum Gasteiger partial charge on any atom is 0.276 e. The minimum Gasteiger partial charge on any atom is -0.361 e. The van der Waals surface area contributed by atoms with Crippen molar-refractivity contribution in [1.82, 2.24) is 25.3 Å². The molecule has 0 radical (unpaired) electrons. The first kappa shape index (κ1) is 18.2. The van der Waals surface area contributed by atoms with E-state index in [4.69, 9.17) is 4.52 Å². The number of piperazine rings is 1. The molecule has 1 aliphatic rings. The van der Waals surface area contributed by atoms with Crippen molar-refractivity contribution in [1.29, 1.82) is 0 Å². The van der Waals surface area contributed by atoms with Gasteiger partial charge in [-0.05, 0) is 13.0 Å². The van der Waals surface area contributed by atoms with Crippen LogP contribution in [0.2, 0.25) is 0 Å². The topological polar surface area (TPSA) is 94.5 Å². The number of amides is 2. The van der Waals surface area contributed by atoms with Crippen LogP contribution in [-0.4, -0.2) is 71.0 Å². The zero-order valence-corrected chi connectivity index (χ0v) is 15.8. The molecule has 8 nitrogen and oxygen atoms in total. The summed E-state index contributed by atoms with van der Waals surface area (Å²) in [4.78, 5) is 32.0. The Morgan fingerprint density at radius 1 is 1.21 bits per heavy atom. The SMILES string of the molecule is Cc1cc(C(=O)N2CCN(CCNC(=O)c3c[nH]c4ccccc34)CC2)no1. The number of benzene rings is 1. The lowest BCUT2D eigenvalue weighted by molar-refractivity contribution is 0.0628. The molecule has 0 unspecified atom stereocenters. The monoisotopic (exact) mass is 381 g/mol. The molecule has 1 aliphatic heterocycles. The van der Waals surface area contributed by atoms with E-state index in [-0.39, 0.29) is 11.8 Å². The van der Waals surface area contributed by atoms with Crippen LogP contribution in [0, 0.1) is 6.92 Å². The van der Waals surface area contributed by atoms with Gasteiger partial charge in [-0.2, -0.15) is 0 Å². The van der Waals surface area contributed by atoms with E-state index in [2.05, 4.69) is 20.4 Å². The Morgan fingerprint density at radius 3 is 2.75 bits per heavy atom. The first-order valence-electron chi connectivity index (χ1n) is 9.41. The van der Waals surface area contributed by atoms with E-state index in [9.17, 15) is 9.59 Å². The minimum atomic E-state index is -0.0934. The van der Waals surface area contributed by atoms with Gasteiger partial charge in [-0.15, -0.1) is 0 Å². The van der Waals surface area contributed by atoms with Gasteiger partial charge in [-0.25, -0.2) is 0 Å². The molecule has 3 aromatic rings. The largest absolute Gasteiger partial charge is 0.361 e. The number of aromatic nitrogens is 2. The number of H-pyrrole nitrogens is 1. The zero-order valence-electron chi connectivity index (χ0n) is 15.8. The average Bonchev–Trinajstić information content (AvgIpc) is 3.34. The number of hydrogen-bond donors (Lipinski definition) is 2. The Hall–Kier alpha value is -3.13. The van der Waals surface area contributed by atoms with Crippen molar-refractivity contribution >= 4 is 22.7 Å². The molecule has 1 fully saturated rings. The number of fused-ring (bicyclic) bond motifs is 1. The number of nitrogens with one attached hydrogen (secondary N) is 2. The fourth-order valence-corrected chi connectivity index (χ4v) is 3.49. The van der Waals surface area contributed by atoms with Crippen LogP contribution in [-0.2, 0) is 0 Å². The van der Waals surface area contributed by atoms with Gasteiger partial charge in [-0.1, -0.05) is 23.4 Å². The molecule has 1 saturated heterocycles. The summed E-state index contributed by atoms with van der Waals surface area (Å²) in [6.07, 6.45) is 1.75. The molecule has 146 valence electrons. The highest BCUT2D eigenvalue weighted by Crippen LogP contribution is 2.17. The van der Waals surface area contributed by atoms with Gasteiger partial charge >= 0.3 is 0 Å². The fourth-order valence-electron chi connectivity index (χ4n) is 3.49. The molecule has 3 heterocycles. The van der Waals surface area contributed by atoms with Gasteiger partial charge in [0.05, 0.1) is 5.56 Å². The van der Waals surface area contributed by atoms with Gasteiger partial charge in [0.25, 0.3) is 11.8 Å². The van der Waals surface area contributed by atoms with Gasteiger partial charge in [-0.3, -0.25) is 14.5 Å². The van der Waals surface area contributed by atoms with Crippen molar-refractivity contribution < 1.29 is 14.1 Å². The fraction of sp³-hybridized carbons (Fsp3) is 0.350. The molecule has 2 amide bonds. The Labute approximate surface area is 162 Å². The highest BCUT2D eigenvalue weighted by atomic mass is 16.5. The van der Waals surface area contributed by atoms with Gasteiger partial charge in [0.15, 0.2) is 5.69 Å². The lowest BCUT2D eigenvalue weighted by Gasteiger charge is -2.34. The van der Waals surface area contributed by atoms with E-state index in [1.54, 1.807) is 24.1 Å². The van der Waals surface area contributed by atoms with Gasteiger partial charge < -0.3 is 19.7 Å². The molecule has 0 atom stereocenters. The standard InChI is InChI=1S/C20H23N5O3/c1-14-12-18(23-28-14)20(27)25-10-8-24(9-11-25)7-6-21-19(26)16-13-22-17-5-3-2-4-15(16)17/h2-5,12-13,22H,6-11H2,1H3,(H,21,26). The van der Waals surface area contributed by atoms with Crippen molar-refractivity contribution in [2.45, 2.75) is 6.92 Å². The average molecular weight is 381 g/mol. The normalized spacial score (nSPS) is 15.1. The van der Waals surface area contributed by atoms with Gasteiger partial charge in [0, 0.05) is 62.4 Å². The maximum atomic E-state index is 12.4. The number of carbonyl (C=O) groups is 2. The van der Waals surface area contributed by atoms with E-state index < -0.39 is 0 Å². The summed E-state index contributed by atoms with van der Waals surface area (Å²) in [6.45, 7) is 5.90. The predicted octanol–water partition coefficient (Wildman–Crippen LogP) is 1.65. The van der Waals surface area contributed by atoms with Crippen LogP contribution >= 0.6 is 0 Å². The Kier molecular flexibility index (Phi) is 5.12. The van der Waals surface area contributed by atoms with E-state index in [1.807, 2.05) is 24.3 Å². The van der Waals surface area contributed by atoms with E-state index in [0.29, 0.717) is 36.7 Å². The zero-order chi connectivity index (χ0) is 19.5. The summed E-state index contributed by atoms with van der Waals surface area (Å²) < 4.78 is 4.98. The van der Waals surface area contributed by atoms with Crippen molar-refractivity contribution in [3.05, 3.63) is 53.5 Å². The minimum absolute atomic E-state index is 0.0762. The summed E-state index contributed by atoms with van der Waals surface area (Å²) in [5.41, 5.74) is 1.97. The molecule has 0 saturated carbocycles. The number of carbonyl (C=O) groups excluding carboxylic acids is 2. The summed E-state index contributed by atoms with van der Waals surface area (Å²) in [6, 6.07) is 9.42. The highest BCUT2D eigenvalue weighted by molar-refractivity contribution is 6.06. The molecular formula is C20H23N5O3. The van der Waals surface area contributed by atoms with Crippen LogP contribution in [0.4, 0.5) is 0 Å². The maximum absolute atomic E-state index is 12.4. The number of hydrogen-bond acceptors (Lipinski definition) is 5. The lowest BCUT2D eigenvalue weighted by Crippen LogP contribution is -2.50. The smallest absolute Gasteiger partial charge is 0.276 e. The number of nitrogens with zero attached hydrogens (tertiary/aromatic N) is 3. The number of aryl methyl sites for hydroxylation is 1. The quantitative estimate of drug-likeness (QED) is 0.701. The molecular weight excluding hydrogens is 358 g/mol. The molecule has 2 aromatic heterocycles. The van der Waals surface area contributed by atoms with Crippen LogP contribution in [0.1, 0.15) is 26.6 Å². The third kappa shape index (κ3) is 3.77. The van der Waals surface area contributed by atoms with E-state index in [1.165, 1.54) is 0 Å². The van der Waals surface area contributed by atoms with E-state index >= 15 is 0 Å². The summed E-state index contributed by atoms with van der Waals surface area (Å²) in [5, 5.41) is 7.70. The molecule has 0 bridgehead atoms. The lowest BCUT2D eigenvalue weighted by atomic mass is 10.1. The molecule has 28 heavy (non-hydrogen) atoms. The van der Waals surface area contributed by atoms with E-state index in [0.717, 1.165) is 30.5 Å². The van der Waals surface area contributed by atoms with Crippen LogP contribution in [0.15, 0.2) is 41.1 Å². The Bertz CT molecular complexity index is 985. The Morgan fingerprint density at radius 2 is 2.00 bits per heavy atom. The number of para-hydroxylation sites is 1. The van der Waals surface area contributed by atoms with Gasteiger partial charge in [0.1, 0.15) is 5.76 Å². The summed E-state index contributed by atoms with van der Waals surface area (Å²) in [7, 11) is 0. The molecule has 1 aromatic carbocycles. The summed E-state index contributed by atoms with van der Waals surface area (Å²) in [5.74, 6) is 0.463. The Balaban J connectivity index is 1.23. The number of aromatic amines is 1. The molecule has 8 heteroatoms. The van der Waals surface area contributed by atoms with Crippen LogP contribution in [0.25, 0.3) is 10.9 Å². The van der Waals surface area contributed by atoms with Crippen molar-refractivity contribution in [2.75, 3.05) is 39.3 Å². The van der Waals surface area contributed by atoms with Gasteiger partial charge in [0.2, 0.25) is 0 Å². The van der Waals surface area contributed by atoms with Crippen molar-refractivity contribution in [3.63, 3.8) is 0 Å². The third-order valence-corrected chi connectivity index (χ3v) is 5.05. The first-order valence-corrected chi connectivity index (χ1v) is 9.41. The second-order valence-electron chi connectivity index (χ2n) is 6.96. The second kappa shape index (κ2) is 7.85. The number of rotatable bonds is 5. The third-order valence-electron chi connectivity index (χ3n) is 5.05. The van der Waals surface area contributed by atoms with Crippen molar-refractivity contribution in [3.8, 4) is 0 Å². The molecule has 4 rings (SSSR count). The molecule has 0 aliphatic carbocycles.